The molecular weight excluding hydrogens is 248 g/mol. The number of esters is 1. The van der Waals surface area contributed by atoms with Crippen LogP contribution in [0.4, 0.5) is 5.82 Å². The fraction of sp³-hybridized carbons (Fsp3) is 0.333. The van der Waals surface area contributed by atoms with E-state index in [0.717, 1.165) is 0 Å². The van der Waals surface area contributed by atoms with Gasteiger partial charge in [0.25, 0.3) is 0 Å². The number of hydrogen-bond donors (Lipinski definition) is 1. The minimum Gasteiger partial charge on any atom is -0.462 e. The summed E-state index contributed by atoms with van der Waals surface area (Å²) in [6, 6.07) is 3.36. The second-order valence-corrected chi connectivity index (χ2v) is 3.64. The molecule has 19 heavy (non-hydrogen) atoms. The summed E-state index contributed by atoms with van der Waals surface area (Å²) in [6.45, 7) is 2.64. The summed E-state index contributed by atoms with van der Waals surface area (Å²) < 4.78 is 9.59. The molecule has 0 aliphatic heterocycles. The first-order valence-corrected chi connectivity index (χ1v) is 5.92. The lowest BCUT2D eigenvalue weighted by molar-refractivity contribution is 0.0527. The maximum atomic E-state index is 11.7. The molecule has 0 aliphatic carbocycles. The number of anilines is 1. The molecule has 0 saturated heterocycles. The van der Waals surface area contributed by atoms with Gasteiger partial charge in [0.05, 0.1) is 6.61 Å². The van der Waals surface area contributed by atoms with Crippen LogP contribution in [0.1, 0.15) is 23.1 Å². The summed E-state index contributed by atoms with van der Waals surface area (Å²) in [5.41, 5.74) is 0.414. The third-order valence-electron chi connectivity index (χ3n) is 2.35. The fourth-order valence-corrected chi connectivity index (χ4v) is 1.52. The Kier molecular flexibility index (Phi) is 4.44. The Labute approximate surface area is 110 Å². The second kappa shape index (κ2) is 6.48. The van der Waals surface area contributed by atoms with E-state index in [2.05, 4.69) is 25.0 Å². The molecule has 7 heteroatoms. The number of carbonyl (C=O) groups is 1. The average Bonchev–Trinajstić information content (AvgIpc) is 2.93. The maximum Gasteiger partial charge on any atom is 0.341 e. The highest BCUT2D eigenvalue weighted by atomic mass is 16.5. The van der Waals surface area contributed by atoms with Gasteiger partial charge in [-0.05, 0) is 19.1 Å². The lowest BCUT2D eigenvalue weighted by Gasteiger charge is -2.09. The number of nitrogens with zero attached hydrogens (tertiary/aromatic N) is 3. The van der Waals surface area contributed by atoms with Gasteiger partial charge in [0, 0.05) is 19.2 Å². The van der Waals surface area contributed by atoms with Gasteiger partial charge in [-0.15, -0.1) is 0 Å². The highest BCUT2D eigenvalue weighted by Crippen LogP contribution is 2.12. The molecule has 1 N–H and O–H groups in total. The molecule has 0 bridgehead atoms. The summed E-state index contributed by atoms with van der Waals surface area (Å²) in [7, 11) is 0. The zero-order valence-corrected chi connectivity index (χ0v) is 10.5. The zero-order chi connectivity index (χ0) is 13.5. The largest absolute Gasteiger partial charge is 0.462 e. The monoisotopic (exact) mass is 262 g/mol. The first-order valence-electron chi connectivity index (χ1n) is 5.92. The van der Waals surface area contributed by atoms with Crippen molar-refractivity contribution in [3.05, 3.63) is 36.1 Å². The van der Waals surface area contributed by atoms with Gasteiger partial charge in [-0.3, -0.25) is 0 Å². The van der Waals surface area contributed by atoms with E-state index in [-0.39, 0.29) is 0 Å². The summed E-state index contributed by atoms with van der Waals surface area (Å²) in [4.78, 5) is 19.7. The Balaban J connectivity index is 1.97. The first kappa shape index (κ1) is 13.0. The highest BCUT2D eigenvalue weighted by Gasteiger charge is 2.12. The van der Waals surface area contributed by atoms with E-state index in [1.807, 2.05) is 0 Å². The predicted molar refractivity (Wildman–Crippen MR) is 66.7 cm³/mol. The molecule has 2 aromatic rings. The van der Waals surface area contributed by atoms with Gasteiger partial charge in [0.1, 0.15) is 11.4 Å². The van der Waals surface area contributed by atoms with Crippen molar-refractivity contribution in [3.63, 3.8) is 0 Å². The van der Waals surface area contributed by atoms with Crippen molar-refractivity contribution < 1.29 is 14.1 Å². The van der Waals surface area contributed by atoms with Crippen molar-refractivity contribution >= 4 is 11.8 Å². The van der Waals surface area contributed by atoms with E-state index >= 15 is 0 Å². The van der Waals surface area contributed by atoms with Crippen LogP contribution in [-0.2, 0) is 11.2 Å². The van der Waals surface area contributed by atoms with Crippen LogP contribution in [0.15, 0.2) is 29.2 Å². The molecule has 2 rings (SSSR count). The fourth-order valence-electron chi connectivity index (χ4n) is 1.52. The number of hydrogen-bond acceptors (Lipinski definition) is 7. The van der Waals surface area contributed by atoms with Crippen molar-refractivity contribution in [1.82, 2.24) is 15.1 Å². The molecule has 0 saturated carbocycles. The Morgan fingerprint density at radius 1 is 1.47 bits per heavy atom. The van der Waals surface area contributed by atoms with E-state index < -0.39 is 5.97 Å². The number of rotatable bonds is 6. The number of pyridine rings is 1. The molecule has 0 fully saturated rings. The van der Waals surface area contributed by atoms with Crippen molar-refractivity contribution in [2.45, 2.75) is 13.3 Å². The van der Waals surface area contributed by atoms with Gasteiger partial charge in [-0.2, -0.15) is 4.98 Å². The number of ether oxygens (including phenoxy) is 1. The van der Waals surface area contributed by atoms with Crippen molar-refractivity contribution in [3.8, 4) is 0 Å². The van der Waals surface area contributed by atoms with E-state index in [4.69, 9.17) is 4.74 Å². The molecule has 0 radical (unpaired) electrons. The Morgan fingerprint density at radius 2 is 2.37 bits per heavy atom. The Bertz CT molecular complexity index is 528. The highest BCUT2D eigenvalue weighted by molar-refractivity contribution is 5.94. The minimum atomic E-state index is -0.391. The van der Waals surface area contributed by atoms with Crippen molar-refractivity contribution in [2.75, 3.05) is 18.5 Å². The molecule has 0 atom stereocenters. The topological polar surface area (TPSA) is 90.1 Å². The molecule has 100 valence electrons. The van der Waals surface area contributed by atoms with Crippen LogP contribution >= 0.6 is 0 Å². The van der Waals surface area contributed by atoms with E-state index in [1.54, 1.807) is 25.3 Å². The van der Waals surface area contributed by atoms with E-state index in [9.17, 15) is 4.79 Å². The summed E-state index contributed by atoms with van der Waals surface area (Å²) in [5, 5.41) is 6.75. The summed E-state index contributed by atoms with van der Waals surface area (Å²) in [6.07, 6.45) is 3.47. The molecule has 0 aliphatic rings. The molecule has 0 aromatic carbocycles. The van der Waals surface area contributed by atoms with Crippen LogP contribution in [0.3, 0.4) is 0 Å². The Hall–Kier alpha value is -2.44. The number of aromatic nitrogens is 3. The second-order valence-electron chi connectivity index (χ2n) is 3.64. The molecule has 7 nitrogen and oxygen atoms in total. The van der Waals surface area contributed by atoms with Crippen molar-refractivity contribution in [2.24, 2.45) is 0 Å². The third-order valence-corrected chi connectivity index (χ3v) is 2.35. The van der Waals surface area contributed by atoms with Gasteiger partial charge in [-0.25, -0.2) is 9.78 Å². The lowest BCUT2D eigenvalue weighted by atomic mass is 10.2. The summed E-state index contributed by atoms with van der Waals surface area (Å²) >= 11 is 0. The summed E-state index contributed by atoms with van der Waals surface area (Å²) in [5.74, 6) is 0.697. The van der Waals surface area contributed by atoms with Crippen LogP contribution in [0.2, 0.25) is 0 Å². The maximum absolute atomic E-state index is 11.7. The molecule has 0 spiro atoms. The average molecular weight is 262 g/mol. The first-order chi connectivity index (χ1) is 9.31. The van der Waals surface area contributed by atoms with Crippen LogP contribution in [-0.4, -0.2) is 34.2 Å². The molecular formula is C12H14N4O3. The predicted octanol–water partition coefficient (Wildman–Crippen LogP) is 1.30. The lowest BCUT2D eigenvalue weighted by Crippen LogP contribution is -2.13. The molecule has 2 aromatic heterocycles. The van der Waals surface area contributed by atoms with Gasteiger partial charge in [-0.1, -0.05) is 5.16 Å². The third kappa shape index (κ3) is 3.51. The van der Waals surface area contributed by atoms with Gasteiger partial charge >= 0.3 is 5.97 Å². The van der Waals surface area contributed by atoms with Crippen LogP contribution in [0, 0.1) is 0 Å². The van der Waals surface area contributed by atoms with Crippen LogP contribution < -0.4 is 5.32 Å². The van der Waals surface area contributed by atoms with Gasteiger partial charge < -0.3 is 14.6 Å². The van der Waals surface area contributed by atoms with Crippen molar-refractivity contribution in [1.29, 1.82) is 0 Å². The van der Waals surface area contributed by atoms with E-state index in [0.29, 0.717) is 36.8 Å². The zero-order valence-electron chi connectivity index (χ0n) is 10.5. The molecule has 0 amide bonds. The smallest absolute Gasteiger partial charge is 0.341 e. The van der Waals surface area contributed by atoms with Crippen LogP contribution in [0.25, 0.3) is 0 Å². The Morgan fingerprint density at radius 3 is 3.11 bits per heavy atom. The quantitative estimate of drug-likeness (QED) is 0.784. The number of carbonyl (C=O) groups excluding carboxylic acids is 1. The molecule has 2 heterocycles. The van der Waals surface area contributed by atoms with Crippen LogP contribution in [0.5, 0.6) is 0 Å². The number of nitrogens with one attached hydrogen (secondary N) is 1. The minimum absolute atomic E-state index is 0.329. The molecule has 0 unspecified atom stereocenters. The van der Waals surface area contributed by atoms with Gasteiger partial charge in [0.2, 0.25) is 6.39 Å². The standard InChI is InChI=1S/C12H14N4O3/c1-2-18-12(17)9-4-3-6-13-11(9)14-7-5-10-15-8-19-16-10/h3-4,6,8H,2,5,7H2,1H3,(H,13,14). The SMILES string of the molecule is CCOC(=O)c1cccnc1NCCc1ncon1. The van der Waals surface area contributed by atoms with Gasteiger partial charge in [0.15, 0.2) is 5.82 Å². The normalized spacial score (nSPS) is 10.2. The van der Waals surface area contributed by atoms with E-state index in [1.165, 1.54) is 6.39 Å².